The van der Waals surface area contributed by atoms with Crippen molar-refractivity contribution in [3.63, 3.8) is 0 Å². The minimum Gasteiger partial charge on any atom is -0.433 e. The summed E-state index contributed by atoms with van der Waals surface area (Å²) in [6.45, 7) is -0.598. The highest BCUT2D eigenvalue weighted by atomic mass is 16.8. The van der Waals surface area contributed by atoms with E-state index in [1.54, 1.807) is 0 Å². The van der Waals surface area contributed by atoms with Gasteiger partial charge in [-0.05, 0) is 0 Å². The van der Waals surface area contributed by atoms with E-state index in [-0.39, 0.29) is 6.61 Å². The zero-order chi connectivity index (χ0) is 26.0. The Kier molecular flexibility index (Phi) is 9.74. The quantitative estimate of drug-likeness (QED) is 0.143. The van der Waals surface area contributed by atoms with Gasteiger partial charge in [0.1, 0.15) is 61.0 Å². The third-order valence-electron chi connectivity index (χ3n) is 5.95. The Hall–Kier alpha value is -1.09. The lowest BCUT2D eigenvalue weighted by atomic mass is 9.97. The van der Waals surface area contributed by atoms with Crippen molar-refractivity contribution in [2.24, 2.45) is 0 Å². The summed E-state index contributed by atoms with van der Waals surface area (Å²) in [5, 5.41) is 89.7. The monoisotopic (exact) mass is 516 g/mol. The molecular weight excluding hydrogens is 484 g/mol. The summed E-state index contributed by atoms with van der Waals surface area (Å²) in [5.41, 5.74) is 0. The molecule has 0 aliphatic carbocycles. The van der Waals surface area contributed by atoms with Crippen LogP contribution in [0, 0.1) is 0 Å². The van der Waals surface area contributed by atoms with E-state index in [4.69, 9.17) is 28.4 Å². The molecule has 3 heterocycles. The van der Waals surface area contributed by atoms with Gasteiger partial charge in [-0.3, -0.25) is 4.79 Å². The molecule has 0 unspecified atom stereocenters. The van der Waals surface area contributed by atoms with E-state index in [2.05, 4.69) is 0 Å². The number of rotatable bonds is 7. The molecule has 3 saturated heterocycles. The van der Waals surface area contributed by atoms with Crippen LogP contribution in [0.5, 0.6) is 0 Å². The van der Waals surface area contributed by atoms with Crippen molar-refractivity contribution in [2.45, 2.75) is 92.9 Å². The fourth-order valence-electron chi connectivity index (χ4n) is 3.90. The second kappa shape index (κ2) is 12.0. The molecule has 0 saturated carbocycles. The molecule has 0 aromatic rings. The van der Waals surface area contributed by atoms with E-state index < -0.39 is 105 Å². The molecule has 0 aromatic heterocycles. The highest BCUT2D eigenvalue weighted by molar-refractivity contribution is 5.66. The van der Waals surface area contributed by atoms with Crippen LogP contribution >= 0.6 is 0 Å². The predicted molar refractivity (Wildman–Crippen MR) is 105 cm³/mol. The summed E-state index contributed by atoms with van der Waals surface area (Å²) < 4.78 is 31.6. The molecule has 204 valence electrons. The maximum atomic E-state index is 11.6. The molecule has 3 fully saturated rings. The van der Waals surface area contributed by atoms with Gasteiger partial charge in [-0.1, -0.05) is 0 Å². The zero-order valence-corrected chi connectivity index (χ0v) is 18.6. The van der Waals surface area contributed by atoms with Crippen molar-refractivity contribution in [3.8, 4) is 0 Å². The fraction of sp³-hybridized carbons (Fsp3) is 0.947. The first-order valence-electron chi connectivity index (χ1n) is 10.9. The molecule has 16 nitrogen and oxygen atoms in total. The van der Waals surface area contributed by atoms with Gasteiger partial charge < -0.3 is 74.4 Å². The third kappa shape index (κ3) is 6.25. The van der Waals surface area contributed by atoms with E-state index in [0.717, 1.165) is 6.92 Å². The number of hydrogen-bond donors (Lipinski definition) is 9. The molecule has 0 radical (unpaired) electrons. The molecule has 0 amide bonds. The van der Waals surface area contributed by atoms with Gasteiger partial charge in [0.25, 0.3) is 0 Å². The number of hydrogen-bond acceptors (Lipinski definition) is 16. The summed E-state index contributed by atoms with van der Waals surface area (Å²) in [6.07, 6.45) is -22.6. The SMILES string of the molecule is CC(=O)O[C@@H]1O[C@H](CO[C@@H]2OC[C@H](O)[C@H](O)[C@H]2O)[C@@H](O)[C@H](O)[C@H]1O[C@@H]1O[C@H](CO)[C@@H](O)[C@H](O)[C@H]1O. The molecule has 3 rings (SSSR count). The van der Waals surface area contributed by atoms with Crippen LogP contribution in [0.25, 0.3) is 0 Å². The largest absolute Gasteiger partial charge is 0.433 e. The van der Waals surface area contributed by atoms with Crippen LogP contribution in [0.3, 0.4) is 0 Å². The topological polar surface area (TPSA) is 255 Å². The van der Waals surface area contributed by atoms with Gasteiger partial charge >= 0.3 is 5.97 Å². The Labute approximate surface area is 198 Å². The van der Waals surface area contributed by atoms with E-state index in [0.29, 0.717) is 0 Å². The second-order valence-corrected chi connectivity index (χ2v) is 8.52. The normalized spacial score (nSPS) is 49.0. The molecule has 35 heavy (non-hydrogen) atoms. The van der Waals surface area contributed by atoms with Gasteiger partial charge in [0.05, 0.1) is 19.8 Å². The molecular formula is C19H32O16. The van der Waals surface area contributed by atoms with Crippen LogP contribution in [0.2, 0.25) is 0 Å². The number of carbonyl (C=O) groups is 1. The van der Waals surface area contributed by atoms with Gasteiger partial charge in [-0.2, -0.15) is 0 Å². The summed E-state index contributed by atoms with van der Waals surface area (Å²) >= 11 is 0. The molecule has 9 N–H and O–H groups in total. The molecule has 0 bridgehead atoms. The lowest BCUT2D eigenvalue weighted by Gasteiger charge is -2.46. The first-order valence-corrected chi connectivity index (χ1v) is 10.9. The van der Waals surface area contributed by atoms with E-state index in [9.17, 15) is 50.8 Å². The number of aliphatic hydroxyl groups is 9. The first kappa shape index (κ1) is 28.5. The fourth-order valence-corrected chi connectivity index (χ4v) is 3.90. The van der Waals surface area contributed by atoms with Gasteiger partial charge in [-0.25, -0.2) is 0 Å². The van der Waals surface area contributed by atoms with E-state index >= 15 is 0 Å². The van der Waals surface area contributed by atoms with Crippen LogP contribution in [-0.4, -0.2) is 158 Å². The van der Waals surface area contributed by atoms with E-state index in [1.807, 2.05) is 0 Å². The average Bonchev–Trinajstić information content (AvgIpc) is 2.81. The van der Waals surface area contributed by atoms with Crippen molar-refractivity contribution >= 4 is 5.97 Å². The summed E-state index contributed by atoms with van der Waals surface area (Å²) in [6, 6.07) is 0. The average molecular weight is 516 g/mol. The number of carbonyl (C=O) groups excluding carboxylic acids is 1. The molecule has 14 atom stereocenters. The Morgan fingerprint density at radius 1 is 0.771 bits per heavy atom. The molecule has 16 heteroatoms. The number of ether oxygens (including phenoxy) is 6. The summed E-state index contributed by atoms with van der Waals surface area (Å²) in [5.74, 6) is -0.871. The first-order chi connectivity index (χ1) is 16.5. The van der Waals surface area contributed by atoms with Crippen LogP contribution < -0.4 is 0 Å². The van der Waals surface area contributed by atoms with Crippen molar-refractivity contribution in [1.29, 1.82) is 0 Å². The Balaban J connectivity index is 1.69. The van der Waals surface area contributed by atoms with Gasteiger partial charge in [0.15, 0.2) is 18.7 Å². The summed E-state index contributed by atoms with van der Waals surface area (Å²) in [4.78, 5) is 11.6. The van der Waals surface area contributed by atoms with Crippen LogP contribution in [-0.2, 0) is 33.2 Å². The lowest BCUT2D eigenvalue weighted by molar-refractivity contribution is -0.366. The van der Waals surface area contributed by atoms with Gasteiger partial charge in [-0.15, -0.1) is 0 Å². The lowest BCUT2D eigenvalue weighted by Crippen LogP contribution is -2.65. The standard InChI is InChI=1S/C19H32O16/c1-5(21)32-19-16(35-18-15(29)12(26)10(24)7(2-20)33-18)13(27)11(25)8(34-19)4-31-17-14(28)9(23)6(22)3-30-17/h6-20,22-29H,2-4H2,1H3/t6-,7+,8+,9-,10+,11+,12-,13-,14+,15+,16+,17-,18-,19+/m0/s1. The Morgan fingerprint density at radius 2 is 1.37 bits per heavy atom. The third-order valence-corrected chi connectivity index (χ3v) is 5.95. The van der Waals surface area contributed by atoms with Crippen molar-refractivity contribution in [2.75, 3.05) is 19.8 Å². The van der Waals surface area contributed by atoms with Crippen LogP contribution in [0.4, 0.5) is 0 Å². The van der Waals surface area contributed by atoms with Crippen molar-refractivity contribution in [1.82, 2.24) is 0 Å². The maximum absolute atomic E-state index is 11.6. The van der Waals surface area contributed by atoms with Crippen molar-refractivity contribution in [3.05, 3.63) is 0 Å². The molecule has 0 spiro atoms. The zero-order valence-electron chi connectivity index (χ0n) is 18.6. The smallest absolute Gasteiger partial charge is 0.305 e. The van der Waals surface area contributed by atoms with E-state index in [1.165, 1.54) is 0 Å². The van der Waals surface area contributed by atoms with Gasteiger partial charge in [0.2, 0.25) is 6.29 Å². The minimum atomic E-state index is -1.84. The number of aliphatic hydroxyl groups excluding tert-OH is 9. The summed E-state index contributed by atoms with van der Waals surface area (Å²) in [7, 11) is 0. The molecule has 0 aromatic carbocycles. The van der Waals surface area contributed by atoms with Crippen molar-refractivity contribution < 1.29 is 79.2 Å². The highest BCUT2D eigenvalue weighted by Crippen LogP contribution is 2.30. The minimum absolute atomic E-state index is 0.343. The van der Waals surface area contributed by atoms with Crippen LogP contribution in [0.1, 0.15) is 6.92 Å². The molecule has 3 aliphatic rings. The van der Waals surface area contributed by atoms with Gasteiger partial charge in [0, 0.05) is 6.92 Å². The number of esters is 1. The second-order valence-electron chi connectivity index (χ2n) is 8.52. The Morgan fingerprint density at radius 3 is 2.00 bits per heavy atom. The molecule has 3 aliphatic heterocycles. The maximum Gasteiger partial charge on any atom is 0.305 e. The Bertz CT molecular complexity index is 694. The predicted octanol–water partition coefficient (Wildman–Crippen LogP) is -6.36. The highest BCUT2D eigenvalue weighted by Gasteiger charge is 2.52. The van der Waals surface area contributed by atoms with Crippen LogP contribution in [0.15, 0.2) is 0 Å².